The van der Waals surface area contributed by atoms with Crippen molar-refractivity contribution in [3.8, 4) is 0 Å². The number of aliphatic hydroxyl groups excluding tert-OH is 1. The van der Waals surface area contributed by atoms with E-state index in [-0.39, 0.29) is 12.6 Å². The van der Waals surface area contributed by atoms with Crippen molar-refractivity contribution in [2.24, 2.45) is 0 Å². The summed E-state index contributed by atoms with van der Waals surface area (Å²) in [5.41, 5.74) is 0. The van der Waals surface area contributed by atoms with Gasteiger partial charge in [0.2, 0.25) is 0 Å². The normalized spacial score (nSPS) is 13.7. The van der Waals surface area contributed by atoms with Crippen molar-refractivity contribution in [3.05, 3.63) is 36.4 Å². The highest BCUT2D eigenvalue weighted by atomic mass is 16.4. The van der Waals surface area contributed by atoms with E-state index in [4.69, 9.17) is 4.42 Å². The molecule has 0 aromatic carbocycles. The molecule has 0 aliphatic carbocycles. The second-order valence-corrected chi connectivity index (χ2v) is 4.78. The first kappa shape index (κ1) is 15.1. The summed E-state index contributed by atoms with van der Waals surface area (Å²) < 4.78 is 6.82. The van der Waals surface area contributed by atoms with Gasteiger partial charge in [0, 0.05) is 6.07 Å². The van der Waals surface area contributed by atoms with Crippen LogP contribution in [-0.4, -0.2) is 27.5 Å². The Labute approximate surface area is 123 Å². The number of aromatic nitrogens is 2. The first-order valence-electron chi connectivity index (χ1n) is 6.91. The van der Waals surface area contributed by atoms with Crippen LogP contribution in [0.25, 0.3) is 0 Å². The standard InChI is InChI=1S/C14H20N4O3/c1-3-10(2)18-13(6-7-16-18)17-14(20)15-9-11(19)12-5-4-8-21-12/h4-8,10-11,19H,3,9H2,1-2H3,(H2,15,17,20). The van der Waals surface area contributed by atoms with E-state index in [0.29, 0.717) is 11.6 Å². The first-order valence-corrected chi connectivity index (χ1v) is 6.91. The first-order chi connectivity index (χ1) is 10.1. The Morgan fingerprint density at radius 3 is 3.00 bits per heavy atom. The molecular weight excluding hydrogens is 272 g/mol. The summed E-state index contributed by atoms with van der Waals surface area (Å²) in [5, 5.41) is 19.3. The van der Waals surface area contributed by atoms with E-state index in [1.807, 2.05) is 6.92 Å². The fraction of sp³-hybridized carbons (Fsp3) is 0.429. The minimum atomic E-state index is -0.870. The maximum atomic E-state index is 11.8. The van der Waals surface area contributed by atoms with Crippen LogP contribution in [0.3, 0.4) is 0 Å². The van der Waals surface area contributed by atoms with Crippen LogP contribution in [-0.2, 0) is 0 Å². The molecule has 7 heteroatoms. The highest BCUT2D eigenvalue weighted by Gasteiger charge is 2.14. The fourth-order valence-corrected chi connectivity index (χ4v) is 1.87. The monoisotopic (exact) mass is 292 g/mol. The van der Waals surface area contributed by atoms with Crippen molar-refractivity contribution in [2.75, 3.05) is 11.9 Å². The van der Waals surface area contributed by atoms with Crippen LogP contribution in [0.1, 0.15) is 38.2 Å². The lowest BCUT2D eigenvalue weighted by atomic mass is 10.3. The summed E-state index contributed by atoms with van der Waals surface area (Å²) in [5.74, 6) is 1.04. The third-order valence-corrected chi connectivity index (χ3v) is 3.25. The van der Waals surface area contributed by atoms with E-state index in [0.717, 1.165) is 6.42 Å². The number of furan rings is 1. The molecule has 0 aliphatic heterocycles. The molecule has 0 radical (unpaired) electrons. The molecule has 2 unspecified atom stereocenters. The van der Waals surface area contributed by atoms with Gasteiger partial charge in [0.15, 0.2) is 0 Å². The molecule has 2 atom stereocenters. The van der Waals surface area contributed by atoms with Gasteiger partial charge in [-0.05, 0) is 25.5 Å². The van der Waals surface area contributed by atoms with Gasteiger partial charge < -0.3 is 14.8 Å². The van der Waals surface area contributed by atoms with Gasteiger partial charge in [-0.15, -0.1) is 0 Å². The molecule has 2 amide bonds. The average molecular weight is 292 g/mol. The Balaban J connectivity index is 1.86. The number of urea groups is 1. The van der Waals surface area contributed by atoms with Gasteiger partial charge in [-0.3, -0.25) is 5.32 Å². The number of nitrogens with one attached hydrogen (secondary N) is 2. The van der Waals surface area contributed by atoms with E-state index < -0.39 is 12.1 Å². The predicted molar refractivity (Wildman–Crippen MR) is 77.9 cm³/mol. The van der Waals surface area contributed by atoms with Crippen LogP contribution in [0.4, 0.5) is 10.6 Å². The van der Waals surface area contributed by atoms with Crippen molar-refractivity contribution in [1.29, 1.82) is 0 Å². The van der Waals surface area contributed by atoms with Crippen LogP contribution in [0.15, 0.2) is 35.1 Å². The summed E-state index contributed by atoms with van der Waals surface area (Å²) in [6.45, 7) is 4.14. The summed E-state index contributed by atoms with van der Waals surface area (Å²) in [4.78, 5) is 11.8. The van der Waals surface area contributed by atoms with Crippen LogP contribution in [0.2, 0.25) is 0 Å². The van der Waals surface area contributed by atoms with Gasteiger partial charge in [0.05, 0.1) is 25.0 Å². The largest absolute Gasteiger partial charge is 0.467 e. The molecular formula is C14H20N4O3. The van der Waals surface area contributed by atoms with Crippen LogP contribution < -0.4 is 10.6 Å². The smallest absolute Gasteiger partial charge is 0.320 e. The molecule has 3 N–H and O–H groups in total. The Hall–Kier alpha value is -2.28. The number of nitrogens with zero attached hydrogens (tertiary/aromatic N) is 2. The Kier molecular flexibility index (Phi) is 4.99. The zero-order valence-corrected chi connectivity index (χ0v) is 12.1. The molecule has 114 valence electrons. The molecule has 2 rings (SSSR count). The average Bonchev–Trinajstić information content (AvgIpc) is 3.15. The second-order valence-electron chi connectivity index (χ2n) is 4.78. The SMILES string of the molecule is CCC(C)n1nccc1NC(=O)NCC(O)c1ccco1. The Morgan fingerprint density at radius 2 is 2.33 bits per heavy atom. The van der Waals surface area contributed by atoms with Crippen LogP contribution in [0.5, 0.6) is 0 Å². The summed E-state index contributed by atoms with van der Waals surface area (Å²) in [6, 6.07) is 4.87. The summed E-state index contributed by atoms with van der Waals surface area (Å²) >= 11 is 0. The number of hydrogen-bond donors (Lipinski definition) is 3. The topological polar surface area (TPSA) is 92.3 Å². The number of carbonyl (C=O) groups is 1. The van der Waals surface area contributed by atoms with Crippen molar-refractivity contribution in [1.82, 2.24) is 15.1 Å². The molecule has 0 saturated carbocycles. The number of hydrogen-bond acceptors (Lipinski definition) is 4. The maximum absolute atomic E-state index is 11.8. The zero-order chi connectivity index (χ0) is 15.2. The van der Waals surface area contributed by atoms with E-state index in [1.165, 1.54) is 6.26 Å². The van der Waals surface area contributed by atoms with Crippen molar-refractivity contribution >= 4 is 11.8 Å². The van der Waals surface area contributed by atoms with Crippen molar-refractivity contribution in [2.45, 2.75) is 32.4 Å². The van der Waals surface area contributed by atoms with Gasteiger partial charge >= 0.3 is 6.03 Å². The zero-order valence-electron chi connectivity index (χ0n) is 12.1. The second kappa shape index (κ2) is 6.94. The van der Waals surface area contributed by atoms with E-state index >= 15 is 0 Å². The third-order valence-electron chi connectivity index (χ3n) is 3.25. The van der Waals surface area contributed by atoms with Crippen LogP contribution in [0, 0.1) is 0 Å². The lowest BCUT2D eigenvalue weighted by molar-refractivity contribution is 0.149. The summed E-state index contributed by atoms with van der Waals surface area (Å²) in [6.07, 6.45) is 3.16. The minimum absolute atomic E-state index is 0.0663. The van der Waals surface area contributed by atoms with Gasteiger partial charge in [0.1, 0.15) is 17.7 Å². The molecule has 2 aromatic heterocycles. The molecule has 2 heterocycles. The van der Waals surface area contributed by atoms with Crippen molar-refractivity contribution in [3.63, 3.8) is 0 Å². The molecule has 0 fully saturated rings. The molecule has 0 bridgehead atoms. The number of rotatable bonds is 6. The lowest BCUT2D eigenvalue weighted by Gasteiger charge is -2.15. The van der Waals surface area contributed by atoms with E-state index in [2.05, 4.69) is 22.7 Å². The number of anilines is 1. The van der Waals surface area contributed by atoms with Crippen LogP contribution >= 0.6 is 0 Å². The predicted octanol–water partition coefficient (Wildman–Crippen LogP) is 2.30. The molecule has 7 nitrogen and oxygen atoms in total. The quantitative estimate of drug-likeness (QED) is 0.761. The fourth-order valence-electron chi connectivity index (χ4n) is 1.87. The van der Waals surface area contributed by atoms with E-state index in [9.17, 15) is 9.90 Å². The molecule has 2 aromatic rings. The molecule has 0 aliphatic rings. The highest BCUT2D eigenvalue weighted by Crippen LogP contribution is 2.16. The van der Waals surface area contributed by atoms with Gasteiger partial charge in [-0.25, -0.2) is 9.48 Å². The number of carbonyl (C=O) groups excluding carboxylic acids is 1. The highest BCUT2D eigenvalue weighted by molar-refractivity contribution is 5.88. The Morgan fingerprint density at radius 1 is 1.52 bits per heavy atom. The van der Waals surface area contributed by atoms with Gasteiger partial charge in [0.25, 0.3) is 0 Å². The lowest BCUT2D eigenvalue weighted by Crippen LogP contribution is -2.33. The number of amides is 2. The summed E-state index contributed by atoms with van der Waals surface area (Å²) in [7, 11) is 0. The Bertz CT molecular complexity index is 565. The number of aliphatic hydroxyl groups is 1. The minimum Gasteiger partial charge on any atom is -0.467 e. The maximum Gasteiger partial charge on any atom is 0.320 e. The van der Waals surface area contributed by atoms with Crippen molar-refractivity contribution < 1.29 is 14.3 Å². The third kappa shape index (κ3) is 3.85. The molecule has 21 heavy (non-hydrogen) atoms. The molecule has 0 spiro atoms. The van der Waals surface area contributed by atoms with Gasteiger partial charge in [-0.2, -0.15) is 5.10 Å². The van der Waals surface area contributed by atoms with E-state index in [1.54, 1.807) is 29.1 Å². The van der Waals surface area contributed by atoms with Gasteiger partial charge in [-0.1, -0.05) is 6.92 Å². The molecule has 0 saturated heterocycles.